The van der Waals surface area contributed by atoms with Gasteiger partial charge in [0, 0.05) is 55.8 Å². The van der Waals surface area contributed by atoms with E-state index < -0.39 is 99.5 Å². The smallest absolute Gasteiger partial charge is 0.149 e. The number of aryl methyl sites for hydroxylation is 2. The lowest BCUT2D eigenvalue weighted by Crippen LogP contribution is -2.17. The minimum Gasteiger partial charge on any atom is -0.507 e. The number of rotatable bonds is 8. The van der Waals surface area contributed by atoms with Gasteiger partial charge >= 0.3 is 0 Å². The zero-order valence-corrected chi connectivity index (χ0v) is 36.3. The van der Waals surface area contributed by atoms with Crippen LogP contribution >= 0.6 is 0 Å². The lowest BCUT2D eigenvalue weighted by Gasteiger charge is -2.27. The van der Waals surface area contributed by atoms with Gasteiger partial charge in [0.15, 0.2) is 0 Å². The van der Waals surface area contributed by atoms with Crippen molar-refractivity contribution in [3.8, 4) is 89.7 Å². The van der Waals surface area contributed by atoms with E-state index in [0.717, 1.165) is 10.1 Å². The van der Waals surface area contributed by atoms with Crippen LogP contribution in [0.25, 0.3) is 95.0 Å². The molecule has 2 heterocycles. The van der Waals surface area contributed by atoms with E-state index in [4.69, 9.17) is 42.9 Å². The summed E-state index contributed by atoms with van der Waals surface area (Å²) < 4.78 is 211. The number of phenolic OH excluding ortho intramolecular Hbond substituents is 1. The molecule has 0 aliphatic rings. The van der Waals surface area contributed by atoms with Gasteiger partial charge in [0.1, 0.15) is 11.6 Å². The minimum absolute atomic E-state index is 0.00854. The number of phenols is 1. The predicted octanol–water partition coefficient (Wildman–Crippen LogP) is 17.0. The lowest BCUT2D eigenvalue weighted by molar-refractivity contribution is 0.446. The SMILES string of the molecule is [2H]C([2H])([2H])c1ccc(-c2ccnc(-c3cc(-c4ccccc4)cc(-c4cccc5c4nc(-c4cc(C(C([2H])([2H])[2H])(C([2H])([2H])[2H])C([2H])([2H])[2H])cc(C(C([2H])([2H])[2H])(C([2H])([2H])[2H])C([2H])([2H])[2H])c4O)n5-c4ccc(-c5ccccc5)cc4C([2H])([2H])[2H])c3)c2)cc1-c1ccccc1. The molecule has 4 nitrogen and oxygen atoms in total. The molecule has 0 saturated heterocycles. The van der Waals surface area contributed by atoms with Crippen LogP contribution in [0.4, 0.5) is 0 Å². The third kappa shape index (κ3) is 8.43. The monoisotopic (exact) mass is 908 g/mol. The van der Waals surface area contributed by atoms with Gasteiger partial charge in [-0.15, -0.1) is 0 Å². The van der Waals surface area contributed by atoms with Crippen LogP contribution < -0.4 is 0 Å². The predicted molar refractivity (Wildman–Crippen MR) is 285 cm³/mol. The minimum atomic E-state index is -4.26. The molecule has 68 heavy (non-hydrogen) atoms. The van der Waals surface area contributed by atoms with Crippen LogP contribution in [0.1, 0.15) is 96.3 Å². The third-order valence-corrected chi connectivity index (χ3v) is 12.1. The van der Waals surface area contributed by atoms with Gasteiger partial charge in [-0.25, -0.2) is 4.98 Å². The summed E-state index contributed by atoms with van der Waals surface area (Å²) in [7, 11) is 0. The molecule has 0 amide bonds. The number of para-hydroxylation sites is 1. The molecule has 0 spiro atoms. The van der Waals surface area contributed by atoms with Crippen LogP contribution in [0.3, 0.4) is 0 Å². The molecule has 0 radical (unpaired) electrons. The van der Waals surface area contributed by atoms with Crippen molar-refractivity contribution in [1.82, 2.24) is 14.5 Å². The maximum atomic E-state index is 13.1. The Hall–Kier alpha value is -7.82. The summed E-state index contributed by atoms with van der Waals surface area (Å²) in [6.07, 6.45) is 1.59. The first kappa shape index (κ1) is 24.3. The van der Waals surface area contributed by atoms with E-state index >= 15 is 0 Å². The number of pyridine rings is 1. The highest BCUT2D eigenvalue weighted by molar-refractivity contribution is 5.98. The van der Waals surface area contributed by atoms with Gasteiger partial charge < -0.3 is 5.11 Å². The first-order valence-electron chi connectivity index (χ1n) is 33.6. The lowest BCUT2D eigenvalue weighted by atomic mass is 9.79. The van der Waals surface area contributed by atoms with Crippen molar-refractivity contribution >= 4 is 11.0 Å². The first-order chi connectivity index (χ1) is 42.6. The third-order valence-electron chi connectivity index (χ3n) is 12.1. The first-order valence-corrected chi connectivity index (χ1v) is 21.6. The van der Waals surface area contributed by atoms with E-state index in [1.807, 2.05) is 78.9 Å². The van der Waals surface area contributed by atoms with Crippen molar-refractivity contribution in [2.45, 2.75) is 65.6 Å². The van der Waals surface area contributed by atoms with Gasteiger partial charge in [0.2, 0.25) is 0 Å². The van der Waals surface area contributed by atoms with Gasteiger partial charge in [0.05, 0.1) is 28.0 Å². The topological polar surface area (TPSA) is 50.9 Å². The Morgan fingerprint density at radius 1 is 0.456 bits per heavy atom. The van der Waals surface area contributed by atoms with Crippen LogP contribution in [-0.4, -0.2) is 19.6 Å². The van der Waals surface area contributed by atoms with E-state index in [1.54, 1.807) is 85.1 Å². The normalized spacial score (nSPS) is 18.6. The fourth-order valence-electron chi connectivity index (χ4n) is 8.68. The van der Waals surface area contributed by atoms with Crippen LogP contribution in [0.5, 0.6) is 5.75 Å². The molecule has 0 unspecified atom stereocenters. The summed E-state index contributed by atoms with van der Waals surface area (Å²) in [6.45, 7) is -30.7. The highest BCUT2D eigenvalue weighted by Gasteiger charge is 2.29. The molecule has 0 fully saturated rings. The Labute approximate surface area is 435 Å². The summed E-state index contributed by atoms with van der Waals surface area (Å²) >= 11 is 0. The molecule has 334 valence electrons. The number of aromatic hydroxyl groups is 1. The number of benzene rings is 8. The number of aromatic nitrogens is 3. The van der Waals surface area contributed by atoms with Crippen LogP contribution in [0.15, 0.2) is 194 Å². The van der Waals surface area contributed by atoms with Crippen molar-refractivity contribution in [2.75, 3.05) is 0 Å². The van der Waals surface area contributed by atoms with Crippen LogP contribution in [-0.2, 0) is 10.8 Å². The standard InChI is InChI=1S/C64H57N3O/c1-41-27-28-47(37-54(41)45-23-16-11-17-24-45)48-31-32-65-57(38-48)51-35-49(44-21-14-10-15-22-44)34-50(36-51)53-25-18-26-59-60(53)66-62(55-39-52(63(3,4)5)40-56(61(55)68)64(6,7)8)67(59)58-30-29-46(33-42(58)2)43-19-12-9-13-20-43/h9-40,68H,1-8H3/i1D3,2D3,3D3,4D3,5D3,6D3,7D3,8D3. The molecule has 0 atom stereocenters. The van der Waals surface area contributed by atoms with Crippen molar-refractivity contribution in [3.05, 3.63) is 217 Å². The second kappa shape index (κ2) is 17.4. The largest absolute Gasteiger partial charge is 0.507 e. The van der Waals surface area contributed by atoms with Crippen molar-refractivity contribution in [2.24, 2.45) is 0 Å². The average Bonchev–Trinajstić information content (AvgIpc) is 0.813. The Morgan fingerprint density at radius 3 is 1.79 bits per heavy atom. The van der Waals surface area contributed by atoms with Gasteiger partial charge in [-0.1, -0.05) is 169 Å². The quantitative estimate of drug-likeness (QED) is 0.165. The van der Waals surface area contributed by atoms with Gasteiger partial charge in [-0.2, -0.15) is 0 Å². The maximum absolute atomic E-state index is 13.1. The molecule has 0 aliphatic heterocycles. The summed E-state index contributed by atoms with van der Waals surface area (Å²) in [4.78, 5) is 9.86. The Bertz CT molecular complexity index is 4330. The Morgan fingerprint density at radius 2 is 1.09 bits per heavy atom. The molecule has 0 aliphatic carbocycles. The zero-order chi connectivity index (χ0) is 67.3. The molecular weight excluding hydrogens is 827 g/mol. The van der Waals surface area contributed by atoms with Gasteiger partial charge in [0.25, 0.3) is 0 Å². The molecule has 0 saturated carbocycles. The molecule has 8 aromatic carbocycles. The highest BCUT2D eigenvalue weighted by atomic mass is 16.3. The van der Waals surface area contributed by atoms with Crippen LogP contribution in [0.2, 0.25) is 0 Å². The number of hydrogen-bond acceptors (Lipinski definition) is 3. The zero-order valence-electron chi connectivity index (χ0n) is 60.3. The maximum Gasteiger partial charge on any atom is 0.149 e. The van der Waals surface area contributed by atoms with Crippen molar-refractivity contribution < 1.29 is 38.0 Å². The molecule has 0 bridgehead atoms. The van der Waals surface area contributed by atoms with Crippen molar-refractivity contribution in [1.29, 1.82) is 0 Å². The highest BCUT2D eigenvalue weighted by Crippen LogP contribution is 2.45. The van der Waals surface area contributed by atoms with E-state index in [2.05, 4.69) is 0 Å². The molecule has 10 aromatic rings. The number of nitrogens with zero attached hydrogens (tertiary/aromatic N) is 3. The Kier molecular flexibility index (Phi) is 6.23. The van der Waals surface area contributed by atoms with Crippen molar-refractivity contribution in [3.63, 3.8) is 0 Å². The average molecular weight is 908 g/mol. The summed E-state index contributed by atoms with van der Waals surface area (Å²) in [5, 5.41) is 13.1. The summed E-state index contributed by atoms with van der Waals surface area (Å²) in [5.74, 6) is -2.21. The van der Waals surface area contributed by atoms with E-state index in [9.17, 15) is 5.11 Å². The summed E-state index contributed by atoms with van der Waals surface area (Å²) in [6, 6.07) is 50.7. The molecule has 10 rings (SSSR count). The molecule has 2 aromatic heterocycles. The second-order valence-electron chi connectivity index (χ2n) is 16.7. The molecule has 4 heteroatoms. The second-order valence-corrected chi connectivity index (χ2v) is 16.7. The van der Waals surface area contributed by atoms with Gasteiger partial charge in [-0.05, 0) is 152 Å². The number of imidazole rings is 1. The van der Waals surface area contributed by atoms with E-state index in [0.29, 0.717) is 61.8 Å². The van der Waals surface area contributed by atoms with Gasteiger partial charge in [-0.3, -0.25) is 9.55 Å². The fraction of sp³-hybridized carbons (Fsp3) is 0.156. The molecular formula is C64H57N3O. The molecule has 1 N–H and O–H groups in total. The Balaban J connectivity index is 1.35. The fourth-order valence-corrected chi connectivity index (χ4v) is 8.68. The van der Waals surface area contributed by atoms with E-state index in [1.165, 1.54) is 18.2 Å². The van der Waals surface area contributed by atoms with E-state index in [-0.39, 0.29) is 33.9 Å². The summed E-state index contributed by atoms with van der Waals surface area (Å²) in [5.41, 5.74) is -6.51. The number of hydrogen-bond donors (Lipinski definition) is 1. The number of fused-ring (bicyclic) bond motifs is 1. The van der Waals surface area contributed by atoms with Crippen LogP contribution in [0, 0.1) is 13.7 Å².